The van der Waals surface area contributed by atoms with Crippen molar-refractivity contribution in [2.45, 2.75) is 0 Å². The first kappa shape index (κ1) is 24.4. The fraction of sp³-hybridized carbons (Fsp3) is 0.375. The summed E-state index contributed by atoms with van der Waals surface area (Å²) in [6.07, 6.45) is 0. The van der Waals surface area contributed by atoms with Crippen molar-refractivity contribution in [1.29, 1.82) is 0 Å². The maximum atomic E-state index is 11.7. The smallest absolute Gasteiger partial charge is 0.387 e. The summed E-state index contributed by atoms with van der Waals surface area (Å²) < 4.78 is 23.5. The molecule has 0 atom stereocenters. The van der Waals surface area contributed by atoms with Gasteiger partial charge in [-0.05, 0) is 0 Å². The third-order valence-corrected chi connectivity index (χ3v) is 1.83. The average molecular weight is 319 g/mol. The Morgan fingerprint density at radius 2 is 1.13 bits per heavy atom. The summed E-state index contributed by atoms with van der Waals surface area (Å²) in [6.45, 7) is 0. The third-order valence-electron chi connectivity index (χ3n) is 0.940. The Bertz CT molecular complexity index is 163. The maximum Gasteiger partial charge on any atom is 0.387 e. The summed E-state index contributed by atoms with van der Waals surface area (Å²) in [5, 5.41) is 21.2. The van der Waals surface area contributed by atoms with E-state index in [1.54, 1.807) is 12.1 Å². The zero-order valence-electron chi connectivity index (χ0n) is 8.98. The van der Waals surface area contributed by atoms with Crippen molar-refractivity contribution in [2.75, 3.05) is 21.3 Å². The Balaban J connectivity index is -0.0000000755. The van der Waals surface area contributed by atoms with Gasteiger partial charge in [0.25, 0.3) is 0 Å². The van der Waals surface area contributed by atoms with Crippen LogP contribution in [-0.2, 0) is 26.2 Å². The van der Waals surface area contributed by atoms with Crippen LogP contribution in [0.3, 0.4) is 0 Å². The van der Waals surface area contributed by atoms with Gasteiger partial charge in [-0.3, -0.25) is 8.22 Å². The van der Waals surface area contributed by atoms with E-state index in [1.165, 1.54) is 12.1 Å². The molecule has 1 aromatic rings. The maximum absolute atomic E-state index is 11.7. The van der Waals surface area contributed by atoms with Gasteiger partial charge in [0.15, 0.2) is 0 Å². The normalized spacial score (nSPS) is 6.73. The van der Waals surface area contributed by atoms with Gasteiger partial charge in [-0.25, -0.2) is 12.1 Å². The number of halogens is 2. The molecule has 3 nitrogen and oxygen atoms in total. The van der Waals surface area contributed by atoms with Gasteiger partial charge < -0.3 is 15.3 Å². The molecular formula is C8H17F2O3SiZr-. The van der Waals surface area contributed by atoms with Crippen molar-refractivity contribution >= 4 is 14.7 Å². The van der Waals surface area contributed by atoms with Crippen LogP contribution in [-0.4, -0.2) is 46.1 Å². The van der Waals surface area contributed by atoms with Crippen LogP contribution in [0.2, 0.25) is 0 Å². The standard InChI is InChI=1S/C5H5F2Si.3CH4O.Zr/c6-8(7)5-3-1-2-4-5;3*1-2;/h1-4,8H;3*2H,1H3;/q-1;;;;. The Morgan fingerprint density at radius 1 is 0.867 bits per heavy atom. The van der Waals surface area contributed by atoms with E-state index in [-0.39, 0.29) is 31.4 Å². The van der Waals surface area contributed by atoms with Crippen molar-refractivity contribution in [3.05, 3.63) is 24.3 Å². The summed E-state index contributed by atoms with van der Waals surface area (Å²) in [7, 11) is -0.480. The van der Waals surface area contributed by atoms with Crippen molar-refractivity contribution in [3.8, 4) is 0 Å². The van der Waals surface area contributed by atoms with Crippen LogP contribution in [0.25, 0.3) is 0 Å². The minimum Gasteiger partial charge on any atom is -0.400 e. The molecule has 0 aliphatic rings. The van der Waals surface area contributed by atoms with Crippen LogP contribution in [0, 0.1) is 0 Å². The molecule has 0 unspecified atom stereocenters. The van der Waals surface area contributed by atoms with Gasteiger partial charge in [0.2, 0.25) is 0 Å². The SMILES string of the molecule is CO.CO.CO.F[SiH](F)[c-]1cccc1.[Zr]. The predicted molar refractivity (Wildman–Crippen MR) is 55.5 cm³/mol. The van der Waals surface area contributed by atoms with E-state index in [9.17, 15) is 8.22 Å². The average Bonchev–Trinajstić information content (AvgIpc) is 2.80. The van der Waals surface area contributed by atoms with Gasteiger partial charge in [0.05, 0.1) is 0 Å². The zero-order valence-corrected chi connectivity index (χ0v) is 12.6. The number of aliphatic hydroxyl groups excluding tert-OH is 3. The summed E-state index contributed by atoms with van der Waals surface area (Å²) in [6, 6.07) is 6.21. The van der Waals surface area contributed by atoms with Gasteiger partial charge in [-0.15, -0.1) is 5.19 Å². The predicted octanol–water partition coefficient (Wildman–Crippen LogP) is -0.405. The van der Waals surface area contributed by atoms with Gasteiger partial charge in [-0.1, -0.05) is 0 Å². The Hall–Kier alpha value is 0.190. The quantitative estimate of drug-likeness (QED) is 0.375. The number of rotatable bonds is 1. The second kappa shape index (κ2) is 23.8. The molecule has 90 valence electrons. The molecule has 0 aromatic heterocycles. The summed E-state index contributed by atoms with van der Waals surface area (Å²) >= 11 is 0. The first-order chi connectivity index (χ1) is 6.80. The van der Waals surface area contributed by atoms with Crippen molar-refractivity contribution in [2.24, 2.45) is 0 Å². The molecule has 0 aliphatic heterocycles. The topological polar surface area (TPSA) is 60.7 Å². The van der Waals surface area contributed by atoms with Crippen LogP contribution < -0.4 is 5.19 Å². The fourth-order valence-corrected chi connectivity index (χ4v) is 1.05. The van der Waals surface area contributed by atoms with Crippen molar-refractivity contribution < 1.29 is 49.7 Å². The molecule has 1 aromatic carbocycles. The van der Waals surface area contributed by atoms with Crippen LogP contribution in [0.15, 0.2) is 24.3 Å². The Morgan fingerprint density at radius 3 is 1.27 bits per heavy atom. The third kappa shape index (κ3) is 16.8. The van der Waals surface area contributed by atoms with E-state index in [0.29, 0.717) is 0 Å². The molecular weight excluding hydrogens is 301 g/mol. The molecule has 3 N–H and O–H groups in total. The van der Waals surface area contributed by atoms with Crippen molar-refractivity contribution in [3.63, 3.8) is 0 Å². The number of hydrogen-bond acceptors (Lipinski definition) is 3. The molecule has 0 heterocycles. The van der Waals surface area contributed by atoms with E-state index in [4.69, 9.17) is 15.3 Å². The monoisotopic (exact) mass is 317 g/mol. The van der Waals surface area contributed by atoms with Gasteiger partial charge in [0.1, 0.15) is 0 Å². The number of hydrogen-bond donors (Lipinski definition) is 3. The van der Waals surface area contributed by atoms with Crippen LogP contribution in [0.5, 0.6) is 0 Å². The molecule has 0 saturated heterocycles. The molecule has 0 saturated carbocycles. The van der Waals surface area contributed by atoms with E-state index < -0.39 is 9.46 Å². The van der Waals surface area contributed by atoms with Crippen LogP contribution >= 0.6 is 0 Å². The minimum absolute atomic E-state index is 0. The number of aliphatic hydroxyl groups is 3. The molecule has 1 rings (SSSR count). The Kier molecular flexibility index (Phi) is 38.7. The van der Waals surface area contributed by atoms with Gasteiger partial charge >= 0.3 is 9.46 Å². The largest absolute Gasteiger partial charge is 0.400 e. The minimum atomic E-state index is -3.48. The van der Waals surface area contributed by atoms with E-state index in [0.717, 1.165) is 21.3 Å². The summed E-state index contributed by atoms with van der Waals surface area (Å²) in [4.78, 5) is 0. The van der Waals surface area contributed by atoms with E-state index in [2.05, 4.69) is 0 Å². The fourth-order valence-electron chi connectivity index (χ4n) is 0.534. The van der Waals surface area contributed by atoms with E-state index in [1.807, 2.05) is 0 Å². The zero-order chi connectivity index (χ0) is 12.0. The molecule has 7 heteroatoms. The van der Waals surface area contributed by atoms with Gasteiger partial charge in [-0.2, -0.15) is 12.1 Å². The van der Waals surface area contributed by atoms with Crippen LogP contribution in [0.4, 0.5) is 8.22 Å². The molecule has 0 spiro atoms. The summed E-state index contributed by atoms with van der Waals surface area (Å²) in [5.74, 6) is 0. The molecule has 0 fully saturated rings. The Labute approximate surface area is 110 Å². The first-order valence-electron chi connectivity index (χ1n) is 3.64. The molecule has 0 aliphatic carbocycles. The first-order valence-corrected chi connectivity index (χ1v) is 5.09. The molecule has 0 amide bonds. The second-order valence-electron chi connectivity index (χ2n) is 1.52. The summed E-state index contributed by atoms with van der Waals surface area (Å²) in [5.41, 5.74) is 0. The van der Waals surface area contributed by atoms with Gasteiger partial charge in [0, 0.05) is 47.5 Å². The van der Waals surface area contributed by atoms with Crippen molar-refractivity contribution in [1.82, 2.24) is 0 Å². The van der Waals surface area contributed by atoms with Crippen LogP contribution in [0.1, 0.15) is 0 Å². The molecule has 0 radical (unpaired) electrons. The molecule has 0 bridgehead atoms. The van der Waals surface area contributed by atoms with E-state index >= 15 is 0 Å². The second-order valence-corrected chi connectivity index (χ2v) is 2.79. The molecule has 15 heavy (non-hydrogen) atoms.